The molecule has 1 aromatic rings. The van der Waals surface area contributed by atoms with Crippen molar-refractivity contribution in [1.29, 1.82) is 0 Å². The summed E-state index contributed by atoms with van der Waals surface area (Å²) in [6.07, 6.45) is 0.585. The molecule has 1 unspecified atom stereocenters. The molecule has 4 heteroatoms. The number of hydrogen-bond acceptors (Lipinski definition) is 3. The van der Waals surface area contributed by atoms with Crippen LogP contribution in [-0.2, 0) is 4.74 Å². The van der Waals surface area contributed by atoms with Crippen LogP contribution in [0.25, 0.3) is 0 Å². The Morgan fingerprint density at radius 1 is 1.47 bits per heavy atom. The van der Waals surface area contributed by atoms with Gasteiger partial charge in [0, 0.05) is 18.7 Å². The lowest BCUT2D eigenvalue weighted by atomic mass is 10.0. The molecule has 1 heterocycles. The summed E-state index contributed by atoms with van der Waals surface area (Å²) in [4.78, 5) is 14.6. The Labute approximate surface area is 113 Å². The quantitative estimate of drug-likeness (QED) is 0.783. The molecule has 0 aliphatic carbocycles. The Morgan fingerprint density at radius 3 is 2.95 bits per heavy atom. The molecule has 0 aromatic heterocycles. The van der Waals surface area contributed by atoms with Crippen LogP contribution in [-0.4, -0.2) is 43.0 Å². The number of rotatable bonds is 4. The number of aryl methyl sites for hydroxylation is 1. The van der Waals surface area contributed by atoms with Crippen LogP contribution in [0.5, 0.6) is 0 Å². The minimum Gasteiger partial charge on any atom is -0.367 e. The minimum absolute atomic E-state index is 0.122. The molecule has 1 aromatic carbocycles. The summed E-state index contributed by atoms with van der Waals surface area (Å²) < 4.78 is 18.9. The SMILES string of the molecule is CCCN1CCOC(C(=O)c2cc(C)cc(F)c2)C1. The summed E-state index contributed by atoms with van der Waals surface area (Å²) in [5.74, 6) is -0.493. The molecule has 0 N–H and O–H groups in total. The second kappa shape index (κ2) is 6.26. The number of morpholine rings is 1. The Morgan fingerprint density at radius 2 is 2.26 bits per heavy atom. The van der Waals surface area contributed by atoms with Gasteiger partial charge < -0.3 is 4.74 Å². The second-order valence-corrected chi connectivity index (χ2v) is 5.04. The van der Waals surface area contributed by atoms with Gasteiger partial charge in [-0.1, -0.05) is 6.92 Å². The first-order chi connectivity index (χ1) is 9.10. The highest BCUT2D eigenvalue weighted by Gasteiger charge is 2.27. The van der Waals surface area contributed by atoms with Gasteiger partial charge in [0.1, 0.15) is 11.9 Å². The van der Waals surface area contributed by atoms with Crippen molar-refractivity contribution in [3.63, 3.8) is 0 Å². The van der Waals surface area contributed by atoms with Crippen molar-refractivity contribution in [3.8, 4) is 0 Å². The van der Waals surface area contributed by atoms with Crippen molar-refractivity contribution in [3.05, 3.63) is 35.1 Å². The van der Waals surface area contributed by atoms with Crippen molar-refractivity contribution in [2.75, 3.05) is 26.2 Å². The number of benzene rings is 1. The summed E-state index contributed by atoms with van der Waals surface area (Å²) in [5, 5.41) is 0. The number of ether oxygens (including phenoxy) is 1. The highest BCUT2D eigenvalue weighted by Crippen LogP contribution is 2.15. The molecule has 1 saturated heterocycles. The number of carbonyl (C=O) groups excluding carboxylic acids is 1. The zero-order valence-corrected chi connectivity index (χ0v) is 11.5. The highest BCUT2D eigenvalue weighted by molar-refractivity contribution is 5.99. The number of Topliss-reactive ketones (excluding diaryl/α,β-unsaturated/α-hetero) is 1. The average Bonchev–Trinajstić information content (AvgIpc) is 2.37. The van der Waals surface area contributed by atoms with E-state index in [-0.39, 0.29) is 11.6 Å². The van der Waals surface area contributed by atoms with Crippen LogP contribution in [0.3, 0.4) is 0 Å². The first-order valence-electron chi connectivity index (χ1n) is 6.75. The van der Waals surface area contributed by atoms with E-state index in [0.717, 1.165) is 25.1 Å². The molecule has 0 saturated carbocycles. The number of halogens is 1. The van der Waals surface area contributed by atoms with Crippen LogP contribution in [0.15, 0.2) is 18.2 Å². The summed E-state index contributed by atoms with van der Waals surface area (Å²) >= 11 is 0. The van der Waals surface area contributed by atoms with E-state index >= 15 is 0 Å². The number of hydrogen-bond donors (Lipinski definition) is 0. The fourth-order valence-electron chi connectivity index (χ4n) is 2.44. The van der Waals surface area contributed by atoms with Crippen molar-refractivity contribution in [2.45, 2.75) is 26.4 Å². The second-order valence-electron chi connectivity index (χ2n) is 5.04. The van der Waals surface area contributed by atoms with E-state index in [0.29, 0.717) is 18.7 Å². The molecule has 1 atom stereocenters. The van der Waals surface area contributed by atoms with Gasteiger partial charge in [0.15, 0.2) is 5.78 Å². The normalized spacial score (nSPS) is 20.5. The van der Waals surface area contributed by atoms with E-state index in [1.165, 1.54) is 12.1 Å². The van der Waals surface area contributed by atoms with Gasteiger partial charge in [-0.05, 0) is 43.7 Å². The maximum absolute atomic E-state index is 13.3. The molecular weight excluding hydrogens is 245 g/mol. The molecule has 3 nitrogen and oxygen atoms in total. The fourth-order valence-corrected chi connectivity index (χ4v) is 2.44. The van der Waals surface area contributed by atoms with Gasteiger partial charge in [0.05, 0.1) is 6.61 Å². The van der Waals surface area contributed by atoms with Crippen molar-refractivity contribution < 1.29 is 13.9 Å². The van der Waals surface area contributed by atoms with Crippen LogP contribution in [0, 0.1) is 12.7 Å². The molecule has 0 amide bonds. The summed E-state index contributed by atoms with van der Waals surface area (Å²) in [7, 11) is 0. The molecule has 0 spiro atoms. The number of carbonyl (C=O) groups is 1. The van der Waals surface area contributed by atoms with E-state index in [1.807, 2.05) is 0 Å². The molecule has 1 aliphatic heterocycles. The Bertz CT molecular complexity index is 439. The monoisotopic (exact) mass is 265 g/mol. The van der Waals surface area contributed by atoms with E-state index in [2.05, 4.69) is 11.8 Å². The molecular formula is C15H20FNO2. The van der Waals surface area contributed by atoms with Crippen molar-refractivity contribution in [2.24, 2.45) is 0 Å². The van der Waals surface area contributed by atoms with Gasteiger partial charge in [0.2, 0.25) is 0 Å². The lowest BCUT2D eigenvalue weighted by Gasteiger charge is -2.31. The van der Waals surface area contributed by atoms with E-state index < -0.39 is 6.10 Å². The largest absolute Gasteiger partial charge is 0.367 e. The smallest absolute Gasteiger partial charge is 0.192 e. The lowest BCUT2D eigenvalue weighted by molar-refractivity contribution is -0.0163. The maximum atomic E-state index is 13.3. The molecule has 1 aliphatic rings. The maximum Gasteiger partial charge on any atom is 0.192 e. The van der Waals surface area contributed by atoms with Crippen LogP contribution in [0.1, 0.15) is 29.3 Å². The van der Waals surface area contributed by atoms with Gasteiger partial charge >= 0.3 is 0 Å². The van der Waals surface area contributed by atoms with E-state index in [1.54, 1.807) is 13.0 Å². The standard InChI is InChI=1S/C15H20FNO2/c1-3-4-17-5-6-19-14(10-17)15(18)12-7-11(2)8-13(16)9-12/h7-9,14H,3-6,10H2,1-2H3. The predicted molar refractivity (Wildman–Crippen MR) is 71.9 cm³/mol. The number of ketones is 1. The Kier molecular flexibility index (Phi) is 4.66. The van der Waals surface area contributed by atoms with Crippen LogP contribution >= 0.6 is 0 Å². The van der Waals surface area contributed by atoms with Crippen LogP contribution in [0.2, 0.25) is 0 Å². The summed E-state index contributed by atoms with van der Waals surface area (Å²) in [6, 6.07) is 4.42. The third kappa shape index (κ3) is 3.61. The molecule has 2 rings (SSSR count). The third-order valence-corrected chi connectivity index (χ3v) is 3.31. The van der Waals surface area contributed by atoms with E-state index in [4.69, 9.17) is 4.74 Å². The zero-order chi connectivity index (χ0) is 13.8. The van der Waals surface area contributed by atoms with Gasteiger partial charge in [-0.25, -0.2) is 4.39 Å². The lowest BCUT2D eigenvalue weighted by Crippen LogP contribution is -2.46. The van der Waals surface area contributed by atoms with Gasteiger partial charge in [0.25, 0.3) is 0 Å². The van der Waals surface area contributed by atoms with Gasteiger partial charge in [-0.15, -0.1) is 0 Å². The average molecular weight is 265 g/mol. The summed E-state index contributed by atoms with van der Waals surface area (Å²) in [5.41, 5.74) is 1.16. The molecule has 0 radical (unpaired) electrons. The fraction of sp³-hybridized carbons (Fsp3) is 0.533. The Hall–Kier alpha value is -1.26. The Balaban J connectivity index is 2.10. The summed E-state index contributed by atoms with van der Waals surface area (Å²) in [6.45, 7) is 6.88. The predicted octanol–water partition coefficient (Wildman–Crippen LogP) is 2.43. The zero-order valence-electron chi connectivity index (χ0n) is 11.5. The third-order valence-electron chi connectivity index (χ3n) is 3.31. The molecule has 104 valence electrons. The van der Waals surface area contributed by atoms with Gasteiger partial charge in [-0.3, -0.25) is 9.69 Å². The van der Waals surface area contributed by atoms with Crippen LogP contribution < -0.4 is 0 Å². The molecule has 19 heavy (non-hydrogen) atoms. The van der Waals surface area contributed by atoms with Crippen LogP contribution in [0.4, 0.5) is 4.39 Å². The first kappa shape index (κ1) is 14.2. The minimum atomic E-state index is -0.471. The van der Waals surface area contributed by atoms with E-state index in [9.17, 15) is 9.18 Å². The van der Waals surface area contributed by atoms with Crippen molar-refractivity contribution >= 4 is 5.78 Å². The highest BCUT2D eigenvalue weighted by atomic mass is 19.1. The first-order valence-corrected chi connectivity index (χ1v) is 6.75. The molecule has 1 fully saturated rings. The van der Waals surface area contributed by atoms with Gasteiger partial charge in [-0.2, -0.15) is 0 Å². The molecule has 0 bridgehead atoms. The number of nitrogens with zero attached hydrogens (tertiary/aromatic N) is 1. The van der Waals surface area contributed by atoms with Crippen molar-refractivity contribution in [1.82, 2.24) is 4.90 Å². The topological polar surface area (TPSA) is 29.5 Å².